The highest BCUT2D eigenvalue weighted by Crippen LogP contribution is 2.33. The van der Waals surface area contributed by atoms with Gasteiger partial charge in [-0.15, -0.1) is 0 Å². The monoisotopic (exact) mass is 306 g/mol. The lowest BCUT2D eigenvalue weighted by molar-refractivity contribution is 0.305. The lowest BCUT2D eigenvalue weighted by Crippen LogP contribution is -2.27. The van der Waals surface area contributed by atoms with Crippen molar-refractivity contribution >= 4 is 23.2 Å². The van der Waals surface area contributed by atoms with Crippen LogP contribution in [0, 0.1) is 5.92 Å². The number of nitrogens with zero attached hydrogens (tertiary/aromatic N) is 1. The normalized spacial score (nSPS) is 25.7. The molecule has 1 aliphatic carbocycles. The number of hydrogen-bond donors (Lipinski definition) is 2. The molecule has 3 unspecified atom stereocenters. The minimum atomic E-state index is -2.05. The summed E-state index contributed by atoms with van der Waals surface area (Å²) in [7, 11) is 0. The largest absolute Gasteiger partial charge is 0.462 e. The van der Waals surface area contributed by atoms with E-state index < -0.39 is 11.3 Å². The molecule has 3 rings (SSSR count). The Hall–Kier alpha value is -1.66. The lowest BCUT2D eigenvalue weighted by Gasteiger charge is -2.30. The van der Waals surface area contributed by atoms with Crippen molar-refractivity contribution in [1.29, 1.82) is 0 Å². The van der Waals surface area contributed by atoms with Crippen LogP contribution in [0.4, 0.5) is 5.69 Å². The maximum atomic E-state index is 10.7. The van der Waals surface area contributed by atoms with Gasteiger partial charge in [-0.25, -0.2) is 4.21 Å². The Balaban J connectivity index is 1.63. The average Bonchev–Trinajstić information content (AvgIpc) is 2.49. The lowest BCUT2D eigenvalue weighted by atomic mass is 9.83. The molecule has 0 aromatic heterocycles. The Bertz CT molecular complexity index is 583. The first kappa shape index (κ1) is 14.3. The molecule has 1 aromatic carbocycles. The van der Waals surface area contributed by atoms with Gasteiger partial charge in [0, 0.05) is 12.1 Å². The minimum absolute atomic E-state index is 0.358. The highest BCUT2D eigenvalue weighted by molar-refractivity contribution is 7.80. The summed E-state index contributed by atoms with van der Waals surface area (Å²) < 4.78 is 27.7. The summed E-state index contributed by atoms with van der Waals surface area (Å²) >= 11 is -2.05. The molecule has 0 radical (unpaired) electrons. The molecule has 21 heavy (non-hydrogen) atoms. The second kappa shape index (κ2) is 6.41. The summed E-state index contributed by atoms with van der Waals surface area (Å²) in [5.41, 5.74) is 0.581. The molecule has 5 nitrogen and oxygen atoms in total. The van der Waals surface area contributed by atoms with E-state index in [1.807, 2.05) is 6.21 Å². The third kappa shape index (κ3) is 3.71. The molecule has 0 fully saturated rings. The standard InChI is InChI=1S/C15H18N2O3S/c18-21(19)17-12-4-7-13(8-5-12)20-14-6-3-11-2-1-9-16-15(11)10-14/h4-9,11,15,17H,1-3,10H2,(H,18,19). The van der Waals surface area contributed by atoms with Crippen LogP contribution in [-0.2, 0) is 11.3 Å². The van der Waals surface area contributed by atoms with Gasteiger partial charge in [-0.2, -0.15) is 0 Å². The molecule has 0 saturated heterocycles. The third-order valence-corrected chi connectivity index (χ3v) is 4.28. The zero-order valence-corrected chi connectivity index (χ0v) is 12.4. The van der Waals surface area contributed by atoms with Gasteiger partial charge in [0.05, 0.1) is 6.04 Å². The van der Waals surface area contributed by atoms with Crippen LogP contribution >= 0.6 is 0 Å². The van der Waals surface area contributed by atoms with Crippen LogP contribution < -0.4 is 9.46 Å². The van der Waals surface area contributed by atoms with E-state index in [-0.39, 0.29) is 0 Å². The first-order valence-corrected chi connectivity index (χ1v) is 8.17. The zero-order chi connectivity index (χ0) is 14.7. The number of anilines is 1. The van der Waals surface area contributed by atoms with Gasteiger partial charge in [-0.1, -0.05) is 0 Å². The van der Waals surface area contributed by atoms with Crippen molar-refractivity contribution in [3.8, 4) is 5.75 Å². The number of nitrogens with one attached hydrogen (secondary N) is 1. The van der Waals surface area contributed by atoms with Gasteiger partial charge < -0.3 is 4.74 Å². The minimum Gasteiger partial charge on any atom is -0.462 e. The van der Waals surface area contributed by atoms with E-state index in [9.17, 15) is 4.21 Å². The maximum Gasteiger partial charge on any atom is 0.259 e. The summed E-state index contributed by atoms with van der Waals surface area (Å²) in [6, 6.07) is 7.36. The summed E-state index contributed by atoms with van der Waals surface area (Å²) in [6.07, 6.45) is 8.38. The predicted octanol–water partition coefficient (Wildman–Crippen LogP) is 3.14. The molecule has 3 atom stereocenters. The fourth-order valence-corrected chi connectivity index (χ4v) is 3.14. The zero-order valence-electron chi connectivity index (χ0n) is 11.6. The van der Waals surface area contributed by atoms with Crippen LogP contribution in [0.25, 0.3) is 0 Å². The molecule has 1 heterocycles. The molecule has 0 spiro atoms. The highest BCUT2D eigenvalue weighted by atomic mass is 32.2. The molecule has 2 aliphatic rings. The Morgan fingerprint density at radius 2 is 2.14 bits per heavy atom. The van der Waals surface area contributed by atoms with E-state index in [1.54, 1.807) is 24.3 Å². The molecule has 1 aliphatic heterocycles. The molecule has 0 amide bonds. The van der Waals surface area contributed by atoms with E-state index in [0.717, 1.165) is 30.8 Å². The topological polar surface area (TPSA) is 70.9 Å². The Kier molecular flexibility index (Phi) is 4.36. The Morgan fingerprint density at radius 3 is 2.90 bits per heavy atom. The molecule has 6 heteroatoms. The van der Waals surface area contributed by atoms with Crippen molar-refractivity contribution in [3.63, 3.8) is 0 Å². The first-order chi connectivity index (χ1) is 10.2. The summed E-state index contributed by atoms with van der Waals surface area (Å²) in [5, 5.41) is 0. The summed E-state index contributed by atoms with van der Waals surface area (Å²) in [5.74, 6) is 2.35. The Labute approximate surface area is 126 Å². The molecule has 2 N–H and O–H groups in total. The quantitative estimate of drug-likeness (QED) is 0.840. The molecular formula is C15H18N2O3S. The number of aliphatic imine (C=N–C) groups is 1. The van der Waals surface area contributed by atoms with E-state index in [2.05, 4.69) is 15.8 Å². The van der Waals surface area contributed by atoms with Crippen molar-refractivity contribution in [2.75, 3.05) is 4.72 Å². The van der Waals surface area contributed by atoms with E-state index in [1.165, 1.54) is 6.42 Å². The van der Waals surface area contributed by atoms with Crippen molar-refractivity contribution in [2.45, 2.75) is 31.7 Å². The maximum absolute atomic E-state index is 10.7. The van der Waals surface area contributed by atoms with Crippen LogP contribution in [0.1, 0.15) is 25.7 Å². The number of allylic oxidation sites excluding steroid dienone is 1. The van der Waals surface area contributed by atoms with Crippen LogP contribution in [0.3, 0.4) is 0 Å². The predicted molar refractivity (Wildman–Crippen MR) is 83.8 cm³/mol. The molecule has 0 bridgehead atoms. The van der Waals surface area contributed by atoms with Crippen LogP contribution in [0.5, 0.6) is 5.75 Å². The number of ether oxygens (including phenoxy) is 1. The van der Waals surface area contributed by atoms with E-state index in [0.29, 0.717) is 17.6 Å². The summed E-state index contributed by atoms with van der Waals surface area (Å²) in [4.78, 5) is 4.57. The van der Waals surface area contributed by atoms with Gasteiger partial charge in [0.25, 0.3) is 11.3 Å². The fraction of sp³-hybridized carbons (Fsp3) is 0.400. The van der Waals surface area contributed by atoms with Crippen molar-refractivity contribution in [3.05, 3.63) is 36.1 Å². The van der Waals surface area contributed by atoms with Gasteiger partial charge in [0.1, 0.15) is 11.5 Å². The van der Waals surface area contributed by atoms with Crippen molar-refractivity contribution < 1.29 is 13.5 Å². The number of fused-ring (bicyclic) bond motifs is 1. The van der Waals surface area contributed by atoms with Crippen LogP contribution in [0.2, 0.25) is 0 Å². The number of hydrogen-bond acceptors (Lipinski definition) is 3. The second-order valence-electron chi connectivity index (χ2n) is 5.32. The van der Waals surface area contributed by atoms with Crippen molar-refractivity contribution in [1.82, 2.24) is 0 Å². The molecule has 1 aromatic rings. The van der Waals surface area contributed by atoms with Gasteiger partial charge in [0.15, 0.2) is 0 Å². The first-order valence-electron chi connectivity index (χ1n) is 7.07. The average molecular weight is 306 g/mol. The SMILES string of the molecule is O=S(O)Nc1ccc(OC2=CCC3CCC=NC3C2)cc1. The molecular weight excluding hydrogens is 288 g/mol. The van der Waals surface area contributed by atoms with Crippen LogP contribution in [0.15, 0.2) is 41.1 Å². The summed E-state index contributed by atoms with van der Waals surface area (Å²) in [6.45, 7) is 0. The second-order valence-corrected chi connectivity index (χ2v) is 6.03. The van der Waals surface area contributed by atoms with E-state index >= 15 is 0 Å². The third-order valence-electron chi connectivity index (χ3n) is 3.87. The Morgan fingerprint density at radius 1 is 1.33 bits per heavy atom. The number of benzene rings is 1. The van der Waals surface area contributed by atoms with E-state index in [4.69, 9.17) is 9.29 Å². The van der Waals surface area contributed by atoms with Gasteiger partial charge in [-0.3, -0.25) is 14.3 Å². The van der Waals surface area contributed by atoms with Gasteiger partial charge in [0.2, 0.25) is 0 Å². The number of rotatable bonds is 4. The molecule has 112 valence electrons. The van der Waals surface area contributed by atoms with Crippen LogP contribution in [-0.4, -0.2) is 21.0 Å². The van der Waals surface area contributed by atoms with Gasteiger partial charge >= 0.3 is 0 Å². The van der Waals surface area contributed by atoms with Gasteiger partial charge in [-0.05, 0) is 61.7 Å². The molecule has 0 saturated carbocycles. The fourth-order valence-electron chi connectivity index (χ4n) is 2.81. The smallest absolute Gasteiger partial charge is 0.259 e. The highest BCUT2D eigenvalue weighted by Gasteiger charge is 2.27. The van der Waals surface area contributed by atoms with Crippen molar-refractivity contribution in [2.24, 2.45) is 10.9 Å².